The summed E-state index contributed by atoms with van der Waals surface area (Å²) in [6.07, 6.45) is -6.11. The molecule has 1 saturated heterocycles. The van der Waals surface area contributed by atoms with Crippen LogP contribution < -0.4 is 4.74 Å². The molecule has 5 atom stereocenters. The van der Waals surface area contributed by atoms with Crippen molar-refractivity contribution in [2.75, 3.05) is 13.7 Å². The van der Waals surface area contributed by atoms with E-state index in [-0.39, 0.29) is 6.42 Å². The Morgan fingerprint density at radius 1 is 1.04 bits per heavy atom. The fourth-order valence-corrected chi connectivity index (χ4v) is 3.47. The highest BCUT2D eigenvalue weighted by molar-refractivity contribution is 6.31. The molecule has 1 aliphatic rings. The summed E-state index contributed by atoms with van der Waals surface area (Å²) in [6, 6.07) is 9.39. The van der Waals surface area contributed by atoms with Crippen LogP contribution in [0.15, 0.2) is 36.4 Å². The van der Waals surface area contributed by atoms with Crippen LogP contribution >= 0.6 is 11.6 Å². The van der Waals surface area contributed by atoms with Crippen LogP contribution in [0.25, 0.3) is 0 Å². The van der Waals surface area contributed by atoms with Crippen molar-refractivity contribution in [3.63, 3.8) is 0 Å². The second-order valence-corrected chi connectivity index (χ2v) is 7.14. The largest absolute Gasteiger partial charge is 0.497 e. The monoisotopic (exact) mass is 412 g/mol. The highest BCUT2D eigenvalue weighted by Crippen LogP contribution is 2.34. The molecule has 2 aromatic rings. The summed E-state index contributed by atoms with van der Waals surface area (Å²) in [6.45, 7) is -0.515. The lowest BCUT2D eigenvalue weighted by Crippen LogP contribution is -2.55. The molecule has 0 radical (unpaired) electrons. The van der Waals surface area contributed by atoms with Crippen molar-refractivity contribution in [3.05, 3.63) is 63.9 Å². The normalized spacial score (nSPS) is 27.6. The summed E-state index contributed by atoms with van der Waals surface area (Å²) < 4.78 is 24.9. The molecule has 1 aliphatic heterocycles. The highest BCUT2D eigenvalue weighted by atomic mass is 35.5. The molecule has 8 heteroatoms. The molecular weight excluding hydrogens is 391 g/mol. The van der Waals surface area contributed by atoms with Crippen LogP contribution in [0, 0.1) is 5.82 Å². The minimum atomic E-state index is -1.48. The van der Waals surface area contributed by atoms with Gasteiger partial charge in [-0.25, -0.2) is 4.39 Å². The van der Waals surface area contributed by atoms with E-state index in [0.29, 0.717) is 27.5 Å². The Morgan fingerprint density at radius 3 is 2.43 bits per heavy atom. The van der Waals surface area contributed by atoms with Gasteiger partial charge < -0.3 is 29.9 Å². The van der Waals surface area contributed by atoms with Gasteiger partial charge in [-0.3, -0.25) is 0 Å². The maximum Gasteiger partial charge on any atom is 0.130 e. The molecule has 1 heterocycles. The summed E-state index contributed by atoms with van der Waals surface area (Å²) in [7, 11) is 1.45. The van der Waals surface area contributed by atoms with Gasteiger partial charge in [-0.05, 0) is 28.8 Å². The van der Waals surface area contributed by atoms with E-state index in [4.69, 9.17) is 21.1 Å². The maximum atomic E-state index is 14.3. The average molecular weight is 413 g/mol. The van der Waals surface area contributed by atoms with Crippen LogP contribution in [0.1, 0.15) is 22.8 Å². The van der Waals surface area contributed by atoms with Gasteiger partial charge in [0, 0.05) is 17.5 Å². The molecule has 0 spiro atoms. The van der Waals surface area contributed by atoms with Gasteiger partial charge in [-0.2, -0.15) is 0 Å². The van der Waals surface area contributed by atoms with E-state index in [2.05, 4.69) is 0 Å². The van der Waals surface area contributed by atoms with Gasteiger partial charge in [0.1, 0.15) is 42.1 Å². The molecule has 0 amide bonds. The highest BCUT2D eigenvalue weighted by Gasteiger charge is 2.44. The lowest BCUT2D eigenvalue weighted by atomic mass is 9.90. The summed E-state index contributed by atoms with van der Waals surface area (Å²) in [5.74, 6) is -0.0314. The number of benzene rings is 2. The molecule has 0 aromatic heterocycles. The molecule has 28 heavy (non-hydrogen) atoms. The Hall–Kier alpha value is -1.74. The Bertz CT molecular complexity index is 830. The van der Waals surface area contributed by atoms with Gasteiger partial charge in [0.05, 0.1) is 13.7 Å². The SMILES string of the molecule is COc1ccc(Cc2cc([C@@H]3O[C@H](CO)[C@@H](O)[C@H](O)[C@H]3O)ccc2Cl)c(F)c1. The number of halogens is 2. The number of aliphatic hydroxyl groups excluding tert-OH is 4. The Kier molecular flexibility index (Phi) is 6.54. The third kappa shape index (κ3) is 4.15. The number of aliphatic hydroxyl groups is 4. The first kappa shape index (κ1) is 21.0. The number of methoxy groups -OCH3 is 1. The summed E-state index contributed by atoms with van der Waals surface area (Å²) in [5, 5.41) is 40.0. The van der Waals surface area contributed by atoms with Gasteiger partial charge in [0.15, 0.2) is 0 Å². The van der Waals surface area contributed by atoms with E-state index in [1.54, 1.807) is 30.3 Å². The molecule has 0 unspecified atom stereocenters. The molecule has 6 nitrogen and oxygen atoms in total. The molecule has 2 aromatic carbocycles. The van der Waals surface area contributed by atoms with Crippen LogP contribution in [-0.2, 0) is 11.2 Å². The quantitative estimate of drug-likeness (QED) is 0.595. The van der Waals surface area contributed by atoms with Crippen LogP contribution in [0.3, 0.4) is 0 Å². The van der Waals surface area contributed by atoms with E-state index in [1.807, 2.05) is 0 Å². The first-order chi connectivity index (χ1) is 13.3. The van der Waals surface area contributed by atoms with Crippen LogP contribution in [0.4, 0.5) is 4.39 Å². The Balaban J connectivity index is 1.89. The van der Waals surface area contributed by atoms with Gasteiger partial charge in [0.2, 0.25) is 0 Å². The minimum Gasteiger partial charge on any atom is -0.497 e. The zero-order valence-corrected chi connectivity index (χ0v) is 15.9. The van der Waals surface area contributed by atoms with Crippen molar-refractivity contribution in [2.45, 2.75) is 36.9 Å². The lowest BCUT2D eigenvalue weighted by Gasteiger charge is -2.40. The van der Waals surface area contributed by atoms with Crippen molar-refractivity contribution in [1.82, 2.24) is 0 Å². The fraction of sp³-hybridized carbons (Fsp3) is 0.400. The van der Waals surface area contributed by atoms with E-state index >= 15 is 0 Å². The lowest BCUT2D eigenvalue weighted by molar-refractivity contribution is -0.231. The van der Waals surface area contributed by atoms with Crippen LogP contribution in [-0.4, -0.2) is 58.6 Å². The molecule has 4 N–H and O–H groups in total. The average Bonchev–Trinajstić information content (AvgIpc) is 2.69. The number of rotatable bonds is 5. The van der Waals surface area contributed by atoms with E-state index < -0.39 is 42.9 Å². The van der Waals surface area contributed by atoms with Crippen molar-refractivity contribution >= 4 is 11.6 Å². The third-order valence-electron chi connectivity index (χ3n) is 4.93. The summed E-state index contributed by atoms with van der Waals surface area (Å²) in [5.41, 5.74) is 1.50. The minimum absolute atomic E-state index is 0.194. The maximum absolute atomic E-state index is 14.3. The summed E-state index contributed by atoms with van der Waals surface area (Å²) >= 11 is 6.26. The fourth-order valence-electron chi connectivity index (χ4n) is 3.29. The first-order valence-electron chi connectivity index (χ1n) is 8.77. The van der Waals surface area contributed by atoms with Crippen molar-refractivity contribution in [3.8, 4) is 5.75 Å². The third-order valence-corrected chi connectivity index (χ3v) is 5.30. The smallest absolute Gasteiger partial charge is 0.130 e. The van der Waals surface area contributed by atoms with E-state index in [1.165, 1.54) is 13.2 Å². The summed E-state index contributed by atoms with van der Waals surface area (Å²) in [4.78, 5) is 0. The molecule has 152 valence electrons. The molecule has 0 aliphatic carbocycles. The van der Waals surface area contributed by atoms with Crippen LogP contribution in [0.5, 0.6) is 5.75 Å². The van der Waals surface area contributed by atoms with E-state index in [0.717, 1.165) is 0 Å². The zero-order valence-electron chi connectivity index (χ0n) is 15.1. The second kappa shape index (κ2) is 8.73. The van der Waals surface area contributed by atoms with Gasteiger partial charge >= 0.3 is 0 Å². The molecular formula is C20H22ClFO6. The topological polar surface area (TPSA) is 99.4 Å². The van der Waals surface area contributed by atoms with Crippen molar-refractivity contribution in [2.24, 2.45) is 0 Å². The predicted molar refractivity (Wildman–Crippen MR) is 99.9 cm³/mol. The first-order valence-corrected chi connectivity index (χ1v) is 9.14. The molecule has 3 rings (SSSR count). The van der Waals surface area contributed by atoms with Gasteiger partial charge in [-0.15, -0.1) is 0 Å². The predicted octanol–water partition coefficient (Wildman–Crippen LogP) is 1.59. The van der Waals surface area contributed by atoms with Gasteiger partial charge in [0.25, 0.3) is 0 Å². The number of hydrogen-bond acceptors (Lipinski definition) is 6. The van der Waals surface area contributed by atoms with Crippen molar-refractivity contribution in [1.29, 1.82) is 0 Å². The second-order valence-electron chi connectivity index (χ2n) is 6.73. The van der Waals surface area contributed by atoms with E-state index in [9.17, 15) is 24.8 Å². The molecule has 1 fully saturated rings. The Morgan fingerprint density at radius 2 is 1.79 bits per heavy atom. The van der Waals surface area contributed by atoms with Crippen molar-refractivity contribution < 1.29 is 34.3 Å². The molecule has 0 bridgehead atoms. The molecule has 0 saturated carbocycles. The standard InChI is InChI=1S/C20H22ClFO6/c1-27-13-4-2-10(15(22)8-13)6-12-7-11(3-5-14(12)21)20-19(26)18(25)17(24)16(9-23)28-20/h2-5,7-8,16-20,23-26H,6,9H2,1H3/t16-,17-,18+,19-,20+/m1/s1. The van der Waals surface area contributed by atoms with Gasteiger partial charge in [-0.1, -0.05) is 29.8 Å². The number of ether oxygens (including phenoxy) is 2. The zero-order chi connectivity index (χ0) is 20.4. The Labute approximate surface area is 166 Å². The van der Waals surface area contributed by atoms with Crippen LogP contribution in [0.2, 0.25) is 5.02 Å². The number of hydrogen-bond donors (Lipinski definition) is 4.